The van der Waals surface area contributed by atoms with Gasteiger partial charge in [-0.2, -0.15) is 13.2 Å². The summed E-state index contributed by atoms with van der Waals surface area (Å²) in [5.41, 5.74) is -1.27. The Morgan fingerprint density at radius 3 is 2.58 bits per heavy atom. The lowest BCUT2D eigenvalue weighted by molar-refractivity contribution is -0.137. The topological polar surface area (TPSA) is 41.6 Å². The molecule has 1 atom stereocenters. The van der Waals surface area contributed by atoms with Crippen LogP contribution < -0.4 is 5.32 Å². The first kappa shape index (κ1) is 18.4. The molecule has 7 heteroatoms. The number of hydrogen-bond acceptors (Lipinski definition) is 3. The highest BCUT2D eigenvalue weighted by Crippen LogP contribution is 2.34. The van der Waals surface area contributed by atoms with Crippen molar-refractivity contribution in [1.82, 2.24) is 4.90 Å². The highest BCUT2D eigenvalue weighted by molar-refractivity contribution is 5.69. The molecule has 0 bridgehead atoms. The van der Waals surface area contributed by atoms with Gasteiger partial charge in [0.1, 0.15) is 5.60 Å². The van der Waals surface area contributed by atoms with Crippen LogP contribution in [0.4, 0.5) is 23.7 Å². The van der Waals surface area contributed by atoms with Crippen molar-refractivity contribution in [3.8, 4) is 0 Å². The first-order valence-corrected chi connectivity index (χ1v) is 7.97. The van der Waals surface area contributed by atoms with E-state index in [4.69, 9.17) is 4.74 Å². The van der Waals surface area contributed by atoms with Crippen LogP contribution in [-0.4, -0.2) is 35.7 Å². The number of hydrogen-bond donors (Lipinski definition) is 1. The Kier molecular flexibility index (Phi) is 5.30. The number of para-hydroxylation sites is 1. The fraction of sp³-hybridized carbons (Fsp3) is 0.588. The van der Waals surface area contributed by atoms with Crippen LogP contribution in [0, 0.1) is 0 Å². The van der Waals surface area contributed by atoms with Crippen LogP contribution in [0.25, 0.3) is 0 Å². The van der Waals surface area contributed by atoms with Gasteiger partial charge in [0.15, 0.2) is 0 Å². The van der Waals surface area contributed by atoms with Crippen LogP contribution in [0.2, 0.25) is 0 Å². The van der Waals surface area contributed by atoms with Crippen LogP contribution >= 0.6 is 0 Å². The molecule has 0 radical (unpaired) electrons. The van der Waals surface area contributed by atoms with Crippen LogP contribution in [0.15, 0.2) is 24.3 Å². The smallest absolute Gasteiger partial charge is 0.418 e. The normalized spacial score (nSPS) is 18.6. The van der Waals surface area contributed by atoms with Crippen LogP contribution in [0.1, 0.15) is 39.2 Å². The molecule has 0 unspecified atom stereocenters. The van der Waals surface area contributed by atoms with E-state index in [0.29, 0.717) is 6.54 Å². The Morgan fingerprint density at radius 1 is 1.29 bits per heavy atom. The maximum Gasteiger partial charge on any atom is 0.418 e. The maximum absolute atomic E-state index is 13.0. The Bertz CT molecular complexity index is 582. The minimum atomic E-state index is -4.41. The molecule has 1 heterocycles. The van der Waals surface area contributed by atoms with Gasteiger partial charge in [-0.3, -0.25) is 0 Å². The van der Waals surface area contributed by atoms with E-state index in [2.05, 4.69) is 5.32 Å². The summed E-state index contributed by atoms with van der Waals surface area (Å²) in [6.45, 7) is 6.17. The average Bonchev–Trinajstić information content (AvgIpc) is 2.91. The highest BCUT2D eigenvalue weighted by Gasteiger charge is 2.35. The molecule has 2 rings (SSSR count). The van der Waals surface area contributed by atoms with E-state index >= 15 is 0 Å². The summed E-state index contributed by atoms with van der Waals surface area (Å²) >= 11 is 0. The lowest BCUT2D eigenvalue weighted by Gasteiger charge is -2.29. The molecule has 1 aromatic carbocycles. The van der Waals surface area contributed by atoms with E-state index in [-0.39, 0.29) is 18.3 Å². The van der Waals surface area contributed by atoms with E-state index in [0.717, 1.165) is 18.9 Å². The SMILES string of the molecule is CC(C)(C)OC(=O)N1CCC[C@@H]1CNc1ccccc1C(F)(F)F. The van der Waals surface area contributed by atoms with Gasteiger partial charge in [-0.1, -0.05) is 12.1 Å². The zero-order valence-electron chi connectivity index (χ0n) is 14.1. The third-order valence-corrected chi connectivity index (χ3v) is 3.77. The first-order valence-electron chi connectivity index (χ1n) is 7.97. The quantitative estimate of drug-likeness (QED) is 0.877. The van der Waals surface area contributed by atoms with Gasteiger partial charge in [-0.25, -0.2) is 4.79 Å². The van der Waals surface area contributed by atoms with Crippen molar-refractivity contribution in [3.63, 3.8) is 0 Å². The molecule has 1 amide bonds. The average molecular weight is 344 g/mol. The Labute approximate surface area is 140 Å². The van der Waals surface area contributed by atoms with Gasteiger partial charge in [0.2, 0.25) is 0 Å². The van der Waals surface area contributed by atoms with Crippen molar-refractivity contribution >= 4 is 11.8 Å². The number of carbonyl (C=O) groups is 1. The second kappa shape index (κ2) is 6.91. The van der Waals surface area contributed by atoms with Crippen LogP contribution in [0.5, 0.6) is 0 Å². The maximum atomic E-state index is 13.0. The van der Waals surface area contributed by atoms with Gasteiger partial charge in [0.05, 0.1) is 11.6 Å². The number of halogens is 3. The van der Waals surface area contributed by atoms with Gasteiger partial charge < -0.3 is 15.0 Å². The van der Waals surface area contributed by atoms with Crippen molar-refractivity contribution in [2.75, 3.05) is 18.4 Å². The summed E-state index contributed by atoms with van der Waals surface area (Å²) in [5, 5.41) is 2.84. The number of anilines is 1. The summed E-state index contributed by atoms with van der Waals surface area (Å²) in [7, 11) is 0. The summed E-state index contributed by atoms with van der Waals surface area (Å²) in [6.07, 6.45) is -3.28. The number of amides is 1. The minimum Gasteiger partial charge on any atom is -0.444 e. The molecule has 24 heavy (non-hydrogen) atoms. The monoisotopic (exact) mass is 344 g/mol. The third kappa shape index (κ3) is 4.79. The molecule has 0 aliphatic carbocycles. The predicted molar refractivity (Wildman–Crippen MR) is 85.9 cm³/mol. The van der Waals surface area contributed by atoms with Crippen LogP contribution in [-0.2, 0) is 10.9 Å². The van der Waals surface area contributed by atoms with E-state index in [9.17, 15) is 18.0 Å². The molecule has 1 aliphatic heterocycles. The van der Waals surface area contributed by atoms with Crippen molar-refractivity contribution in [1.29, 1.82) is 0 Å². The summed E-state index contributed by atoms with van der Waals surface area (Å²) in [5.74, 6) is 0. The number of benzene rings is 1. The highest BCUT2D eigenvalue weighted by atomic mass is 19.4. The Hall–Kier alpha value is -1.92. The lowest BCUT2D eigenvalue weighted by atomic mass is 10.1. The van der Waals surface area contributed by atoms with Crippen molar-refractivity contribution in [3.05, 3.63) is 29.8 Å². The largest absolute Gasteiger partial charge is 0.444 e. The zero-order valence-corrected chi connectivity index (χ0v) is 14.1. The number of rotatable bonds is 3. The number of ether oxygens (including phenoxy) is 1. The molecule has 1 N–H and O–H groups in total. The van der Waals surface area contributed by atoms with Gasteiger partial charge in [-0.15, -0.1) is 0 Å². The number of carbonyl (C=O) groups excluding carboxylic acids is 1. The molecule has 0 saturated carbocycles. The number of likely N-dealkylation sites (tertiary alicyclic amines) is 1. The third-order valence-electron chi connectivity index (χ3n) is 3.77. The van der Waals surface area contributed by atoms with Crippen molar-refractivity contribution in [2.24, 2.45) is 0 Å². The van der Waals surface area contributed by atoms with Crippen LogP contribution in [0.3, 0.4) is 0 Å². The minimum absolute atomic E-state index is 0.0287. The molecular formula is C17H23F3N2O2. The standard InChI is InChI=1S/C17H23F3N2O2/c1-16(2,3)24-15(23)22-10-6-7-12(22)11-21-14-9-5-4-8-13(14)17(18,19)20/h4-5,8-9,12,21H,6-7,10-11H2,1-3H3/t12-/m1/s1. The van der Waals surface area contributed by atoms with E-state index in [1.165, 1.54) is 12.1 Å². The van der Waals surface area contributed by atoms with Gasteiger partial charge >= 0.3 is 12.3 Å². The molecular weight excluding hydrogens is 321 g/mol. The molecule has 1 saturated heterocycles. The zero-order chi connectivity index (χ0) is 18.0. The molecule has 0 spiro atoms. The van der Waals surface area contributed by atoms with Crippen molar-refractivity contribution in [2.45, 2.75) is 51.4 Å². The predicted octanol–water partition coefficient (Wildman–Crippen LogP) is 4.52. The number of nitrogens with one attached hydrogen (secondary N) is 1. The summed E-state index contributed by atoms with van der Waals surface area (Å²) in [4.78, 5) is 13.8. The van der Waals surface area contributed by atoms with Gasteiger partial charge in [-0.05, 0) is 45.7 Å². The first-order chi connectivity index (χ1) is 11.1. The van der Waals surface area contributed by atoms with Gasteiger partial charge in [0.25, 0.3) is 0 Å². The fourth-order valence-electron chi connectivity index (χ4n) is 2.72. The lowest BCUT2D eigenvalue weighted by Crippen LogP contribution is -2.42. The Balaban J connectivity index is 2.03. The molecule has 1 fully saturated rings. The van der Waals surface area contributed by atoms with E-state index in [1.807, 2.05) is 0 Å². The molecule has 1 aromatic rings. The molecule has 134 valence electrons. The second-order valence-corrected chi connectivity index (χ2v) is 6.89. The molecule has 4 nitrogen and oxygen atoms in total. The number of nitrogens with zero attached hydrogens (tertiary/aromatic N) is 1. The van der Waals surface area contributed by atoms with Gasteiger partial charge in [0, 0.05) is 18.8 Å². The van der Waals surface area contributed by atoms with E-state index in [1.54, 1.807) is 31.7 Å². The summed E-state index contributed by atoms with van der Waals surface area (Å²) < 4.78 is 44.4. The second-order valence-electron chi connectivity index (χ2n) is 6.89. The summed E-state index contributed by atoms with van der Waals surface area (Å²) in [6, 6.07) is 5.17. The fourth-order valence-corrected chi connectivity index (χ4v) is 2.72. The Morgan fingerprint density at radius 2 is 1.96 bits per heavy atom. The van der Waals surface area contributed by atoms with Crippen molar-refractivity contribution < 1.29 is 22.7 Å². The van der Waals surface area contributed by atoms with E-state index < -0.39 is 23.4 Å². The number of alkyl halides is 3. The molecule has 1 aliphatic rings. The molecule has 0 aromatic heterocycles.